The first-order valence-electron chi connectivity index (χ1n) is 7.81. The third-order valence-electron chi connectivity index (χ3n) is 3.69. The molecule has 25 heavy (non-hydrogen) atoms. The molecule has 2 aromatic rings. The van der Waals surface area contributed by atoms with E-state index < -0.39 is 18.1 Å². The first kappa shape index (κ1) is 18.6. The molecule has 2 atom stereocenters. The van der Waals surface area contributed by atoms with Crippen molar-refractivity contribution in [3.63, 3.8) is 0 Å². The number of carboxylic acids is 1. The highest BCUT2D eigenvalue weighted by molar-refractivity contribution is 6.00. The van der Waals surface area contributed by atoms with Crippen LogP contribution in [-0.2, 0) is 4.79 Å². The van der Waals surface area contributed by atoms with Crippen LogP contribution in [-0.4, -0.2) is 49.3 Å². The zero-order valence-electron chi connectivity index (χ0n) is 13.8. The second-order valence-corrected chi connectivity index (χ2v) is 5.69. The summed E-state index contributed by atoms with van der Waals surface area (Å²) in [5, 5.41) is 24.3. The Morgan fingerprint density at radius 3 is 2.12 bits per heavy atom. The second-order valence-electron chi connectivity index (χ2n) is 5.69. The van der Waals surface area contributed by atoms with Gasteiger partial charge in [-0.15, -0.1) is 20.4 Å². The number of rotatable bonds is 8. The van der Waals surface area contributed by atoms with Crippen LogP contribution in [0, 0.1) is 6.92 Å². The fraction of sp³-hybridized carbons (Fsp3) is 0.375. The van der Waals surface area contributed by atoms with Gasteiger partial charge in [-0.05, 0) is 26.2 Å². The summed E-state index contributed by atoms with van der Waals surface area (Å²) < 4.78 is 0. The Balaban J connectivity index is 1.95. The Morgan fingerprint density at radius 1 is 1.00 bits per heavy atom. The van der Waals surface area contributed by atoms with Crippen LogP contribution in [0.1, 0.15) is 35.4 Å². The lowest BCUT2D eigenvalue weighted by atomic mass is 9.98. The summed E-state index contributed by atoms with van der Waals surface area (Å²) >= 11 is 0. The summed E-state index contributed by atoms with van der Waals surface area (Å²) in [6.45, 7) is 1.69. The van der Waals surface area contributed by atoms with Crippen molar-refractivity contribution in [2.24, 2.45) is 11.5 Å². The third kappa shape index (κ3) is 5.10. The predicted octanol–water partition coefficient (Wildman–Crippen LogP) is 0.334. The van der Waals surface area contributed by atoms with Crippen LogP contribution in [0.5, 0.6) is 0 Å². The maximum atomic E-state index is 12.3. The zero-order valence-corrected chi connectivity index (χ0v) is 13.8. The summed E-state index contributed by atoms with van der Waals surface area (Å²) in [6.07, 6.45) is 1.11. The summed E-state index contributed by atoms with van der Waals surface area (Å²) in [4.78, 5) is 23.0. The molecule has 0 spiro atoms. The molecule has 0 aliphatic carbocycles. The summed E-state index contributed by atoms with van der Waals surface area (Å²) in [7, 11) is 0. The summed E-state index contributed by atoms with van der Waals surface area (Å²) in [5.74, 6) is -0.421. The Bertz CT molecular complexity index is 733. The minimum Gasteiger partial charge on any atom is -0.480 e. The van der Waals surface area contributed by atoms with E-state index in [9.17, 15) is 9.59 Å². The number of nitrogens with zero attached hydrogens (tertiary/aromatic N) is 4. The van der Waals surface area contributed by atoms with Gasteiger partial charge < -0.3 is 16.6 Å². The largest absolute Gasteiger partial charge is 0.480 e. The van der Waals surface area contributed by atoms with Crippen molar-refractivity contribution in [3.05, 3.63) is 35.7 Å². The van der Waals surface area contributed by atoms with Gasteiger partial charge in [0.25, 0.3) is 0 Å². The first-order valence-corrected chi connectivity index (χ1v) is 7.81. The molecule has 0 bridgehead atoms. The number of aryl methyl sites for hydroxylation is 1. The first-order chi connectivity index (χ1) is 11.9. The lowest BCUT2D eigenvalue weighted by Crippen LogP contribution is -2.33. The minimum absolute atomic E-state index is 0.212. The van der Waals surface area contributed by atoms with Gasteiger partial charge in [0.2, 0.25) is 5.82 Å². The number of aliphatic carboxylic acids is 1. The van der Waals surface area contributed by atoms with Gasteiger partial charge in [-0.1, -0.05) is 24.3 Å². The highest BCUT2D eigenvalue weighted by atomic mass is 16.4. The molecule has 0 saturated heterocycles. The standard InChI is InChI=1S/C16H20N6O3/c1-9-19-21-15(22-20-9)11-7-5-10(6-8-11)14(23)12(17)3-2-4-13(18)16(24)25/h5-8,12-13H,2-4,17-18H2,1H3,(H,24,25). The zero-order chi connectivity index (χ0) is 18.4. The number of benzene rings is 1. The number of ketones is 1. The molecule has 1 aromatic heterocycles. The quantitative estimate of drug-likeness (QED) is 0.574. The normalized spacial score (nSPS) is 13.2. The Morgan fingerprint density at radius 2 is 1.56 bits per heavy atom. The summed E-state index contributed by atoms with van der Waals surface area (Å²) in [5.41, 5.74) is 12.5. The fourth-order valence-corrected chi connectivity index (χ4v) is 2.20. The Kier molecular flexibility index (Phi) is 6.20. The summed E-state index contributed by atoms with van der Waals surface area (Å²) in [6, 6.07) is 5.06. The third-order valence-corrected chi connectivity index (χ3v) is 3.69. The molecular weight excluding hydrogens is 324 g/mol. The average Bonchev–Trinajstić information content (AvgIpc) is 2.61. The second kappa shape index (κ2) is 8.36. The molecular formula is C16H20N6O3. The Labute approximate surface area is 144 Å². The van der Waals surface area contributed by atoms with Gasteiger partial charge in [0, 0.05) is 11.1 Å². The van der Waals surface area contributed by atoms with Crippen molar-refractivity contribution < 1.29 is 14.7 Å². The van der Waals surface area contributed by atoms with Gasteiger partial charge in [-0.25, -0.2) is 0 Å². The van der Waals surface area contributed by atoms with Gasteiger partial charge in [0.15, 0.2) is 11.6 Å². The van der Waals surface area contributed by atoms with Crippen LogP contribution in [0.15, 0.2) is 24.3 Å². The van der Waals surface area contributed by atoms with E-state index in [2.05, 4.69) is 20.4 Å². The van der Waals surface area contributed by atoms with Crippen LogP contribution >= 0.6 is 0 Å². The number of carboxylic acid groups (broad SMARTS) is 1. The Hall–Kier alpha value is -2.78. The van der Waals surface area contributed by atoms with E-state index in [0.717, 1.165) is 0 Å². The number of Topliss-reactive ketones (excluding diaryl/α,β-unsaturated/α-hetero) is 1. The lowest BCUT2D eigenvalue weighted by molar-refractivity contribution is -0.138. The van der Waals surface area contributed by atoms with Crippen LogP contribution < -0.4 is 11.5 Å². The highest BCUT2D eigenvalue weighted by Gasteiger charge is 2.18. The van der Waals surface area contributed by atoms with E-state index in [4.69, 9.17) is 16.6 Å². The van der Waals surface area contributed by atoms with Gasteiger partial charge in [0.05, 0.1) is 6.04 Å². The van der Waals surface area contributed by atoms with Crippen molar-refractivity contribution in [2.75, 3.05) is 0 Å². The molecule has 9 heteroatoms. The molecule has 0 fully saturated rings. The van der Waals surface area contributed by atoms with E-state index >= 15 is 0 Å². The van der Waals surface area contributed by atoms with Gasteiger partial charge >= 0.3 is 5.97 Å². The maximum absolute atomic E-state index is 12.3. The van der Waals surface area contributed by atoms with E-state index in [1.807, 2.05) is 0 Å². The number of hydrogen-bond donors (Lipinski definition) is 3. The molecule has 0 saturated carbocycles. The molecule has 1 heterocycles. The van der Waals surface area contributed by atoms with Crippen molar-refractivity contribution in [3.8, 4) is 11.4 Å². The monoisotopic (exact) mass is 344 g/mol. The number of carbonyl (C=O) groups excluding carboxylic acids is 1. The number of hydrogen-bond acceptors (Lipinski definition) is 8. The van der Waals surface area contributed by atoms with Crippen molar-refractivity contribution in [2.45, 2.75) is 38.3 Å². The van der Waals surface area contributed by atoms with Gasteiger partial charge in [0.1, 0.15) is 6.04 Å². The number of carbonyl (C=O) groups is 2. The molecule has 132 valence electrons. The van der Waals surface area contributed by atoms with E-state index in [-0.39, 0.29) is 12.2 Å². The van der Waals surface area contributed by atoms with Crippen LogP contribution in [0.25, 0.3) is 11.4 Å². The van der Waals surface area contributed by atoms with Crippen molar-refractivity contribution >= 4 is 11.8 Å². The number of nitrogens with two attached hydrogens (primary N) is 2. The van der Waals surface area contributed by atoms with Gasteiger partial charge in [-0.2, -0.15) is 0 Å². The average molecular weight is 344 g/mol. The number of aromatic nitrogens is 4. The van der Waals surface area contributed by atoms with Crippen molar-refractivity contribution in [1.82, 2.24) is 20.4 Å². The molecule has 2 unspecified atom stereocenters. The fourth-order valence-electron chi connectivity index (χ4n) is 2.20. The smallest absolute Gasteiger partial charge is 0.320 e. The molecule has 0 amide bonds. The molecule has 2 rings (SSSR count). The van der Waals surface area contributed by atoms with Crippen LogP contribution in [0.3, 0.4) is 0 Å². The molecule has 5 N–H and O–H groups in total. The van der Waals surface area contributed by atoms with Crippen molar-refractivity contribution in [1.29, 1.82) is 0 Å². The lowest BCUT2D eigenvalue weighted by Gasteiger charge is -2.12. The topological polar surface area (TPSA) is 158 Å². The highest BCUT2D eigenvalue weighted by Crippen LogP contribution is 2.16. The molecule has 1 aromatic carbocycles. The van der Waals surface area contributed by atoms with Gasteiger partial charge in [-0.3, -0.25) is 9.59 Å². The predicted molar refractivity (Wildman–Crippen MR) is 89.6 cm³/mol. The van der Waals surface area contributed by atoms with E-state index in [1.165, 1.54) is 0 Å². The maximum Gasteiger partial charge on any atom is 0.320 e. The minimum atomic E-state index is -1.06. The molecule has 0 aliphatic heterocycles. The van der Waals surface area contributed by atoms with Crippen LogP contribution in [0.2, 0.25) is 0 Å². The molecule has 0 aliphatic rings. The van der Waals surface area contributed by atoms with Crippen LogP contribution in [0.4, 0.5) is 0 Å². The SMILES string of the molecule is Cc1nnc(-c2ccc(C(=O)C(N)CCCC(N)C(=O)O)cc2)nn1. The van der Waals surface area contributed by atoms with E-state index in [1.54, 1.807) is 31.2 Å². The molecule has 0 radical (unpaired) electrons. The van der Waals surface area contributed by atoms with E-state index in [0.29, 0.717) is 35.6 Å². The molecule has 9 nitrogen and oxygen atoms in total.